The van der Waals surface area contributed by atoms with Crippen LogP contribution in [0.3, 0.4) is 0 Å². The van der Waals surface area contributed by atoms with Crippen LogP contribution in [0.15, 0.2) is 16.7 Å². The summed E-state index contributed by atoms with van der Waals surface area (Å²) in [5.74, 6) is 1.73. The van der Waals surface area contributed by atoms with Gasteiger partial charge in [0.25, 0.3) is 0 Å². The van der Waals surface area contributed by atoms with Gasteiger partial charge in [-0.3, -0.25) is 0 Å². The zero-order chi connectivity index (χ0) is 14.4. The van der Waals surface area contributed by atoms with E-state index in [2.05, 4.69) is 26.1 Å². The summed E-state index contributed by atoms with van der Waals surface area (Å²) in [6.07, 6.45) is 8.56. The first-order valence-electron chi connectivity index (χ1n) is 7.92. The zero-order valence-corrected chi connectivity index (χ0v) is 13.2. The molecule has 1 heterocycles. The summed E-state index contributed by atoms with van der Waals surface area (Å²) in [5, 5.41) is 3.49. The second-order valence-electron chi connectivity index (χ2n) is 6.99. The van der Waals surface area contributed by atoms with Crippen LogP contribution in [0.5, 0.6) is 0 Å². The normalized spacial score (nSPS) is 17.6. The molecule has 1 aliphatic rings. The molecule has 0 bridgehead atoms. The lowest BCUT2D eigenvalue weighted by atomic mass is 9.90. The first kappa shape index (κ1) is 15.6. The minimum atomic E-state index is 0.123. The number of furan rings is 1. The SMILES string of the molecule is CC(C)(C)NCc1ccoc1COCC1CCCCC1. The van der Waals surface area contributed by atoms with Crippen molar-refractivity contribution in [1.82, 2.24) is 5.32 Å². The fourth-order valence-electron chi connectivity index (χ4n) is 2.68. The molecule has 1 N–H and O–H groups in total. The van der Waals surface area contributed by atoms with Crippen LogP contribution in [0.4, 0.5) is 0 Å². The lowest BCUT2D eigenvalue weighted by Gasteiger charge is -2.21. The van der Waals surface area contributed by atoms with E-state index in [1.54, 1.807) is 6.26 Å². The molecule has 114 valence electrons. The highest BCUT2D eigenvalue weighted by molar-refractivity contribution is 5.16. The molecule has 1 aromatic rings. The van der Waals surface area contributed by atoms with Crippen molar-refractivity contribution in [3.8, 4) is 0 Å². The van der Waals surface area contributed by atoms with Gasteiger partial charge in [-0.15, -0.1) is 0 Å². The molecule has 0 unspecified atom stereocenters. The predicted molar refractivity (Wildman–Crippen MR) is 81.5 cm³/mol. The summed E-state index contributed by atoms with van der Waals surface area (Å²) in [6, 6.07) is 2.04. The lowest BCUT2D eigenvalue weighted by Crippen LogP contribution is -2.35. The average molecular weight is 279 g/mol. The van der Waals surface area contributed by atoms with Gasteiger partial charge in [0.15, 0.2) is 0 Å². The molecule has 0 saturated heterocycles. The van der Waals surface area contributed by atoms with E-state index in [4.69, 9.17) is 9.15 Å². The van der Waals surface area contributed by atoms with E-state index in [-0.39, 0.29) is 5.54 Å². The van der Waals surface area contributed by atoms with Gasteiger partial charge in [-0.25, -0.2) is 0 Å². The molecular weight excluding hydrogens is 250 g/mol. The quantitative estimate of drug-likeness (QED) is 0.844. The van der Waals surface area contributed by atoms with Crippen molar-refractivity contribution in [2.45, 2.75) is 71.6 Å². The Kier molecular flexibility index (Phi) is 5.67. The second kappa shape index (κ2) is 7.28. The highest BCUT2D eigenvalue weighted by atomic mass is 16.5. The van der Waals surface area contributed by atoms with E-state index in [1.807, 2.05) is 6.07 Å². The van der Waals surface area contributed by atoms with Gasteiger partial charge in [-0.05, 0) is 45.6 Å². The first-order valence-corrected chi connectivity index (χ1v) is 7.92. The van der Waals surface area contributed by atoms with Gasteiger partial charge in [0, 0.05) is 24.3 Å². The summed E-state index contributed by atoms with van der Waals surface area (Å²) >= 11 is 0. The van der Waals surface area contributed by atoms with Gasteiger partial charge in [0.2, 0.25) is 0 Å². The Balaban J connectivity index is 1.74. The van der Waals surface area contributed by atoms with E-state index in [1.165, 1.54) is 37.7 Å². The maximum absolute atomic E-state index is 5.87. The maximum Gasteiger partial charge on any atom is 0.133 e. The van der Waals surface area contributed by atoms with Crippen LogP contribution in [0.2, 0.25) is 0 Å². The second-order valence-corrected chi connectivity index (χ2v) is 6.99. The molecule has 0 radical (unpaired) electrons. The third-order valence-electron chi connectivity index (χ3n) is 3.96. The van der Waals surface area contributed by atoms with Crippen LogP contribution in [0.25, 0.3) is 0 Å². The summed E-state index contributed by atoms with van der Waals surface area (Å²) in [7, 11) is 0. The Hall–Kier alpha value is -0.800. The Morgan fingerprint density at radius 1 is 1.25 bits per heavy atom. The van der Waals surface area contributed by atoms with E-state index >= 15 is 0 Å². The monoisotopic (exact) mass is 279 g/mol. The Bertz CT molecular complexity index is 386. The molecular formula is C17H29NO2. The molecule has 20 heavy (non-hydrogen) atoms. The van der Waals surface area contributed by atoms with Gasteiger partial charge < -0.3 is 14.5 Å². The molecule has 3 nitrogen and oxygen atoms in total. The molecule has 2 rings (SSSR count). The van der Waals surface area contributed by atoms with Crippen LogP contribution in [0, 0.1) is 5.92 Å². The molecule has 1 aliphatic carbocycles. The molecule has 0 spiro atoms. The standard InChI is InChI=1S/C17H29NO2/c1-17(2,3)18-11-15-9-10-20-16(15)13-19-12-14-7-5-4-6-8-14/h9-10,14,18H,4-8,11-13H2,1-3H3. The Labute approximate surface area is 123 Å². The van der Waals surface area contributed by atoms with Gasteiger partial charge in [0.1, 0.15) is 12.4 Å². The molecule has 0 amide bonds. The number of ether oxygens (including phenoxy) is 1. The number of hydrogen-bond donors (Lipinski definition) is 1. The number of hydrogen-bond acceptors (Lipinski definition) is 3. The molecule has 1 fully saturated rings. The van der Waals surface area contributed by atoms with Crippen molar-refractivity contribution in [2.75, 3.05) is 6.61 Å². The average Bonchev–Trinajstić information content (AvgIpc) is 2.84. The smallest absolute Gasteiger partial charge is 0.133 e. The van der Waals surface area contributed by atoms with E-state index in [9.17, 15) is 0 Å². The first-order chi connectivity index (χ1) is 9.54. The Morgan fingerprint density at radius 2 is 2.00 bits per heavy atom. The topological polar surface area (TPSA) is 34.4 Å². The predicted octanol–water partition coefficient (Wildman–Crippen LogP) is 4.26. The van der Waals surface area contributed by atoms with Crippen molar-refractivity contribution in [2.24, 2.45) is 5.92 Å². The van der Waals surface area contributed by atoms with Crippen LogP contribution in [-0.4, -0.2) is 12.1 Å². The lowest BCUT2D eigenvalue weighted by molar-refractivity contribution is 0.0631. The third kappa shape index (κ3) is 5.29. The van der Waals surface area contributed by atoms with Crippen LogP contribution >= 0.6 is 0 Å². The molecule has 0 aromatic carbocycles. The van der Waals surface area contributed by atoms with Crippen molar-refractivity contribution in [3.63, 3.8) is 0 Å². The number of nitrogens with one attached hydrogen (secondary N) is 1. The van der Waals surface area contributed by atoms with Crippen molar-refractivity contribution in [3.05, 3.63) is 23.7 Å². The van der Waals surface area contributed by atoms with Crippen LogP contribution in [0.1, 0.15) is 64.2 Å². The van der Waals surface area contributed by atoms with E-state index in [0.29, 0.717) is 6.61 Å². The van der Waals surface area contributed by atoms with Crippen molar-refractivity contribution in [1.29, 1.82) is 0 Å². The molecule has 0 aliphatic heterocycles. The number of rotatable bonds is 6. The maximum atomic E-state index is 5.87. The summed E-state index contributed by atoms with van der Waals surface area (Å²) in [6.45, 7) is 8.84. The molecule has 1 aromatic heterocycles. The summed E-state index contributed by atoms with van der Waals surface area (Å²) in [5.41, 5.74) is 1.33. The fourth-order valence-corrected chi connectivity index (χ4v) is 2.68. The largest absolute Gasteiger partial charge is 0.467 e. The molecule has 3 heteroatoms. The minimum absolute atomic E-state index is 0.123. The van der Waals surface area contributed by atoms with Crippen molar-refractivity contribution >= 4 is 0 Å². The van der Waals surface area contributed by atoms with Gasteiger partial charge >= 0.3 is 0 Å². The van der Waals surface area contributed by atoms with E-state index in [0.717, 1.165) is 24.8 Å². The summed E-state index contributed by atoms with van der Waals surface area (Å²) < 4.78 is 11.4. The van der Waals surface area contributed by atoms with Gasteiger partial charge in [0.05, 0.1) is 6.26 Å². The zero-order valence-electron chi connectivity index (χ0n) is 13.2. The fraction of sp³-hybridized carbons (Fsp3) is 0.765. The van der Waals surface area contributed by atoms with Crippen molar-refractivity contribution < 1.29 is 9.15 Å². The van der Waals surface area contributed by atoms with E-state index < -0.39 is 0 Å². The highest BCUT2D eigenvalue weighted by Crippen LogP contribution is 2.24. The minimum Gasteiger partial charge on any atom is -0.467 e. The summed E-state index contributed by atoms with van der Waals surface area (Å²) in [4.78, 5) is 0. The van der Waals surface area contributed by atoms with Gasteiger partial charge in [-0.1, -0.05) is 19.3 Å². The Morgan fingerprint density at radius 3 is 2.70 bits per heavy atom. The van der Waals surface area contributed by atoms with Gasteiger partial charge in [-0.2, -0.15) is 0 Å². The molecule has 0 atom stereocenters. The van der Waals surface area contributed by atoms with Crippen LogP contribution in [-0.2, 0) is 17.9 Å². The third-order valence-corrected chi connectivity index (χ3v) is 3.96. The molecule has 1 saturated carbocycles. The highest BCUT2D eigenvalue weighted by Gasteiger charge is 2.15. The van der Waals surface area contributed by atoms with Crippen LogP contribution < -0.4 is 5.32 Å².